The fraction of sp³-hybridized carbons (Fsp3) is 0.250. The van der Waals surface area contributed by atoms with Crippen LogP contribution in [-0.4, -0.2) is 29.6 Å². The Kier molecular flexibility index (Phi) is 5.47. The summed E-state index contributed by atoms with van der Waals surface area (Å²) in [5.74, 6) is 6.81. The largest absolute Gasteiger partial charge is 0.492 e. The molecule has 1 saturated heterocycles. The van der Waals surface area contributed by atoms with Crippen LogP contribution in [0.2, 0.25) is 0 Å². The standard InChI is InChI=1S/C20H20N4O4/c1-3-17-19(25)23(20(26)24(17)22)14-6-9-15(10-7-14)28-16-8-5-13(12-21)18(11-16)27-4-2/h5-11,17H,3-4,22H2,1-2H3/t17-/m1/s1. The molecule has 2 aromatic rings. The van der Waals surface area contributed by atoms with Gasteiger partial charge in [-0.1, -0.05) is 6.92 Å². The second-order valence-electron chi connectivity index (χ2n) is 6.09. The van der Waals surface area contributed by atoms with E-state index in [1.165, 1.54) is 0 Å². The van der Waals surface area contributed by atoms with Crippen LogP contribution >= 0.6 is 0 Å². The van der Waals surface area contributed by atoms with Crippen LogP contribution < -0.4 is 20.2 Å². The molecule has 0 aliphatic carbocycles. The third kappa shape index (κ3) is 3.48. The highest BCUT2D eigenvalue weighted by Gasteiger charge is 2.43. The Balaban J connectivity index is 1.79. The minimum Gasteiger partial charge on any atom is -0.492 e. The molecule has 0 bridgehead atoms. The first-order valence-corrected chi connectivity index (χ1v) is 8.86. The lowest BCUT2D eigenvalue weighted by Gasteiger charge is -2.14. The molecule has 1 aliphatic rings. The van der Waals surface area contributed by atoms with Gasteiger partial charge in [0, 0.05) is 6.07 Å². The van der Waals surface area contributed by atoms with E-state index < -0.39 is 12.1 Å². The first kappa shape index (κ1) is 19.2. The van der Waals surface area contributed by atoms with Gasteiger partial charge < -0.3 is 9.47 Å². The van der Waals surface area contributed by atoms with Crippen LogP contribution in [-0.2, 0) is 4.79 Å². The van der Waals surface area contributed by atoms with Crippen LogP contribution in [0.1, 0.15) is 25.8 Å². The molecule has 1 fully saturated rings. The maximum Gasteiger partial charge on any atom is 0.346 e. The van der Waals surface area contributed by atoms with Gasteiger partial charge in [0.1, 0.15) is 29.4 Å². The molecule has 2 N–H and O–H groups in total. The van der Waals surface area contributed by atoms with Gasteiger partial charge in [-0.25, -0.2) is 20.5 Å². The molecule has 1 atom stereocenters. The van der Waals surface area contributed by atoms with Gasteiger partial charge in [0.05, 0.1) is 17.9 Å². The highest BCUT2D eigenvalue weighted by molar-refractivity contribution is 6.21. The van der Waals surface area contributed by atoms with Crippen LogP contribution in [0, 0.1) is 11.3 Å². The van der Waals surface area contributed by atoms with Gasteiger partial charge in [0.25, 0.3) is 5.91 Å². The number of nitriles is 1. The molecule has 3 rings (SSSR count). The second kappa shape index (κ2) is 7.98. The number of rotatable bonds is 6. The van der Waals surface area contributed by atoms with Crippen LogP contribution in [0.15, 0.2) is 42.5 Å². The van der Waals surface area contributed by atoms with Crippen LogP contribution in [0.25, 0.3) is 0 Å². The second-order valence-corrected chi connectivity index (χ2v) is 6.09. The molecule has 0 spiro atoms. The predicted molar refractivity (Wildman–Crippen MR) is 102 cm³/mol. The van der Waals surface area contributed by atoms with E-state index in [9.17, 15) is 9.59 Å². The number of hydrogen-bond donors (Lipinski definition) is 1. The minimum atomic E-state index is -0.654. The number of nitrogens with zero attached hydrogens (tertiary/aromatic N) is 3. The fourth-order valence-electron chi connectivity index (χ4n) is 2.95. The molecule has 0 radical (unpaired) electrons. The van der Waals surface area contributed by atoms with Gasteiger partial charge in [-0.2, -0.15) is 5.26 Å². The Hall–Kier alpha value is -3.57. The fourth-order valence-corrected chi connectivity index (χ4v) is 2.95. The monoisotopic (exact) mass is 380 g/mol. The van der Waals surface area contributed by atoms with Crippen molar-refractivity contribution in [3.8, 4) is 23.3 Å². The zero-order valence-electron chi connectivity index (χ0n) is 15.6. The summed E-state index contributed by atoms with van der Waals surface area (Å²) in [4.78, 5) is 25.7. The molecular weight excluding hydrogens is 360 g/mol. The molecule has 8 heteroatoms. The third-order valence-corrected chi connectivity index (χ3v) is 4.34. The van der Waals surface area contributed by atoms with E-state index >= 15 is 0 Å². The maximum absolute atomic E-state index is 12.4. The number of hydrazine groups is 1. The van der Waals surface area contributed by atoms with Crippen LogP contribution in [0.3, 0.4) is 0 Å². The lowest BCUT2D eigenvalue weighted by molar-refractivity contribution is -0.119. The van der Waals surface area contributed by atoms with Crippen molar-refractivity contribution >= 4 is 17.6 Å². The van der Waals surface area contributed by atoms with Crippen molar-refractivity contribution in [2.75, 3.05) is 11.5 Å². The summed E-state index contributed by atoms with van der Waals surface area (Å²) in [5, 5.41) is 10.1. The van der Waals surface area contributed by atoms with Crippen molar-refractivity contribution in [3.63, 3.8) is 0 Å². The average molecular weight is 380 g/mol. The van der Waals surface area contributed by atoms with Crippen molar-refractivity contribution < 1.29 is 19.1 Å². The number of urea groups is 1. The van der Waals surface area contributed by atoms with Gasteiger partial charge in [-0.15, -0.1) is 0 Å². The smallest absolute Gasteiger partial charge is 0.346 e. The van der Waals surface area contributed by atoms with Crippen molar-refractivity contribution in [3.05, 3.63) is 48.0 Å². The lowest BCUT2D eigenvalue weighted by Crippen LogP contribution is -2.40. The molecule has 2 aromatic carbocycles. The van der Waals surface area contributed by atoms with Gasteiger partial charge in [-0.3, -0.25) is 4.79 Å². The van der Waals surface area contributed by atoms with E-state index in [2.05, 4.69) is 6.07 Å². The van der Waals surface area contributed by atoms with Gasteiger partial charge in [0.15, 0.2) is 0 Å². The summed E-state index contributed by atoms with van der Waals surface area (Å²) in [6.45, 7) is 4.06. The van der Waals surface area contributed by atoms with E-state index in [-0.39, 0.29) is 5.91 Å². The summed E-state index contributed by atoms with van der Waals surface area (Å²) in [6, 6.07) is 12.3. The van der Waals surface area contributed by atoms with Crippen molar-refractivity contribution in [2.24, 2.45) is 5.84 Å². The van der Waals surface area contributed by atoms with E-state index in [1.54, 1.807) is 49.4 Å². The highest BCUT2D eigenvalue weighted by atomic mass is 16.5. The SMILES string of the molecule is CCOc1cc(Oc2ccc(N3C(=O)[C@@H](CC)N(N)C3=O)cc2)ccc1C#N. The first-order chi connectivity index (χ1) is 13.5. The number of amides is 3. The lowest BCUT2D eigenvalue weighted by atomic mass is 10.2. The van der Waals surface area contributed by atoms with Gasteiger partial charge in [0.2, 0.25) is 0 Å². The first-order valence-electron chi connectivity index (χ1n) is 8.86. The highest BCUT2D eigenvalue weighted by Crippen LogP contribution is 2.31. The summed E-state index contributed by atoms with van der Waals surface area (Å²) in [5.41, 5.74) is 0.844. The van der Waals surface area contributed by atoms with E-state index in [1.807, 2.05) is 6.92 Å². The third-order valence-electron chi connectivity index (χ3n) is 4.34. The number of nitrogens with two attached hydrogens (primary N) is 1. The van der Waals surface area contributed by atoms with Crippen molar-refractivity contribution in [2.45, 2.75) is 26.3 Å². The maximum atomic E-state index is 12.4. The molecule has 28 heavy (non-hydrogen) atoms. The van der Waals surface area contributed by atoms with Crippen molar-refractivity contribution in [1.82, 2.24) is 5.01 Å². The molecule has 1 heterocycles. The Morgan fingerprint density at radius 2 is 1.79 bits per heavy atom. The normalized spacial score (nSPS) is 16.3. The number of carbonyl (C=O) groups is 2. The number of hydrogen-bond acceptors (Lipinski definition) is 6. The predicted octanol–water partition coefficient (Wildman–Crippen LogP) is 3.17. The molecular formula is C20H20N4O4. The Morgan fingerprint density at radius 1 is 1.11 bits per heavy atom. The molecule has 0 unspecified atom stereocenters. The summed E-state index contributed by atoms with van der Waals surface area (Å²) in [6.07, 6.45) is 0.444. The Labute approximate surface area is 162 Å². The summed E-state index contributed by atoms with van der Waals surface area (Å²) >= 11 is 0. The molecule has 144 valence electrons. The number of imide groups is 1. The number of ether oxygens (including phenoxy) is 2. The minimum absolute atomic E-state index is 0.350. The molecule has 0 saturated carbocycles. The molecule has 8 nitrogen and oxygen atoms in total. The number of benzene rings is 2. The summed E-state index contributed by atoms with van der Waals surface area (Å²) in [7, 11) is 0. The Morgan fingerprint density at radius 3 is 2.36 bits per heavy atom. The van der Waals surface area contributed by atoms with Crippen LogP contribution in [0.4, 0.5) is 10.5 Å². The molecule has 1 aliphatic heterocycles. The number of anilines is 1. The van der Waals surface area contributed by atoms with Crippen molar-refractivity contribution in [1.29, 1.82) is 5.26 Å². The quantitative estimate of drug-likeness (QED) is 0.468. The van der Waals surface area contributed by atoms with Crippen LogP contribution in [0.5, 0.6) is 17.2 Å². The number of carbonyl (C=O) groups excluding carboxylic acids is 2. The molecule has 0 aromatic heterocycles. The van der Waals surface area contributed by atoms with Gasteiger partial charge in [-0.05, 0) is 49.7 Å². The Bertz CT molecular complexity index is 936. The topological polar surface area (TPSA) is 109 Å². The summed E-state index contributed by atoms with van der Waals surface area (Å²) < 4.78 is 11.2. The average Bonchev–Trinajstić information content (AvgIpc) is 2.91. The van der Waals surface area contributed by atoms with Gasteiger partial charge >= 0.3 is 6.03 Å². The van der Waals surface area contributed by atoms with E-state index in [0.29, 0.717) is 41.5 Å². The van der Waals surface area contributed by atoms with E-state index in [0.717, 1.165) is 9.91 Å². The van der Waals surface area contributed by atoms with E-state index in [4.69, 9.17) is 20.6 Å². The zero-order valence-corrected chi connectivity index (χ0v) is 15.6. The zero-order chi connectivity index (χ0) is 20.3. The molecule has 3 amide bonds.